The van der Waals surface area contributed by atoms with Crippen molar-refractivity contribution in [3.63, 3.8) is 0 Å². The third-order valence-corrected chi connectivity index (χ3v) is 3.51. The smallest absolute Gasteiger partial charge is 0.251 e. The topological polar surface area (TPSA) is 69.6 Å². The van der Waals surface area contributed by atoms with Gasteiger partial charge in [-0.1, -0.05) is 13.0 Å². The molecular formula is C18H22N2O4. The maximum absolute atomic E-state index is 12.1. The third kappa shape index (κ3) is 4.38. The Balaban J connectivity index is 2.04. The lowest BCUT2D eigenvalue weighted by atomic mass is 10.2. The van der Waals surface area contributed by atoms with Gasteiger partial charge in [0.05, 0.1) is 13.7 Å². The van der Waals surface area contributed by atoms with Crippen LogP contribution in [-0.4, -0.2) is 24.2 Å². The van der Waals surface area contributed by atoms with Gasteiger partial charge in [-0.2, -0.15) is 0 Å². The number of hydrogen-bond donors (Lipinski definition) is 1. The number of rotatable bonds is 7. The Kier molecular flexibility index (Phi) is 6.01. The minimum absolute atomic E-state index is 0.221. The monoisotopic (exact) mass is 330 g/mol. The predicted octanol–water partition coefficient (Wildman–Crippen LogP) is 2.11. The summed E-state index contributed by atoms with van der Waals surface area (Å²) in [5, 5.41) is 2.79. The Bertz CT molecular complexity index is 768. The molecule has 0 atom stereocenters. The molecule has 1 N–H and O–H groups in total. The molecule has 0 saturated heterocycles. The van der Waals surface area contributed by atoms with Gasteiger partial charge in [-0.05, 0) is 30.2 Å². The first-order valence-electron chi connectivity index (χ1n) is 7.79. The summed E-state index contributed by atoms with van der Waals surface area (Å²) in [5.74, 6) is 1.02. The standard InChI is InChI=1S/C18H22N2O4/c1-4-9-24-15-6-5-13(10-16(15)23-3)12-19-18(22)14-7-8-20(2)17(21)11-14/h5-8,10-11H,4,9,12H2,1-3H3,(H,19,22). The lowest BCUT2D eigenvalue weighted by molar-refractivity contribution is 0.0950. The Morgan fingerprint density at radius 2 is 2.00 bits per heavy atom. The van der Waals surface area contributed by atoms with Gasteiger partial charge in [-0.25, -0.2) is 0 Å². The Hall–Kier alpha value is -2.76. The van der Waals surface area contributed by atoms with Crippen molar-refractivity contribution in [2.24, 2.45) is 7.05 Å². The van der Waals surface area contributed by atoms with Crippen LogP contribution in [0.25, 0.3) is 0 Å². The van der Waals surface area contributed by atoms with Gasteiger partial charge in [0.1, 0.15) is 0 Å². The number of aromatic nitrogens is 1. The van der Waals surface area contributed by atoms with Crippen molar-refractivity contribution in [2.75, 3.05) is 13.7 Å². The van der Waals surface area contributed by atoms with Crippen LogP contribution in [0.5, 0.6) is 11.5 Å². The molecule has 6 nitrogen and oxygen atoms in total. The van der Waals surface area contributed by atoms with E-state index in [4.69, 9.17) is 9.47 Å². The van der Waals surface area contributed by atoms with Gasteiger partial charge in [0, 0.05) is 31.4 Å². The first-order valence-corrected chi connectivity index (χ1v) is 7.79. The molecule has 0 aliphatic rings. The molecule has 2 aromatic rings. The second kappa shape index (κ2) is 8.19. The second-order valence-corrected chi connectivity index (χ2v) is 5.38. The summed E-state index contributed by atoms with van der Waals surface area (Å²) < 4.78 is 12.3. The SMILES string of the molecule is CCCOc1ccc(CNC(=O)c2ccn(C)c(=O)c2)cc1OC. The molecule has 2 rings (SSSR count). The van der Waals surface area contributed by atoms with Crippen LogP contribution >= 0.6 is 0 Å². The average molecular weight is 330 g/mol. The van der Waals surface area contributed by atoms with Gasteiger partial charge in [-0.15, -0.1) is 0 Å². The lowest BCUT2D eigenvalue weighted by Crippen LogP contribution is -2.25. The van der Waals surface area contributed by atoms with E-state index < -0.39 is 0 Å². The molecule has 0 bridgehead atoms. The van der Waals surface area contributed by atoms with Crippen LogP contribution in [0.2, 0.25) is 0 Å². The summed E-state index contributed by atoms with van der Waals surface area (Å²) in [7, 11) is 3.22. The highest BCUT2D eigenvalue weighted by atomic mass is 16.5. The van der Waals surface area contributed by atoms with E-state index in [1.54, 1.807) is 26.4 Å². The van der Waals surface area contributed by atoms with Gasteiger partial charge in [0.25, 0.3) is 11.5 Å². The minimum atomic E-state index is -0.294. The van der Waals surface area contributed by atoms with Crippen LogP contribution in [0.1, 0.15) is 29.3 Å². The van der Waals surface area contributed by atoms with E-state index in [1.807, 2.05) is 25.1 Å². The van der Waals surface area contributed by atoms with E-state index >= 15 is 0 Å². The molecule has 0 fully saturated rings. The third-order valence-electron chi connectivity index (χ3n) is 3.51. The molecule has 128 valence electrons. The molecule has 24 heavy (non-hydrogen) atoms. The fraction of sp³-hybridized carbons (Fsp3) is 0.333. The first kappa shape index (κ1) is 17.6. The number of hydrogen-bond acceptors (Lipinski definition) is 4. The largest absolute Gasteiger partial charge is 0.493 e. The minimum Gasteiger partial charge on any atom is -0.493 e. The van der Waals surface area contributed by atoms with Crippen LogP contribution in [-0.2, 0) is 13.6 Å². The quantitative estimate of drug-likeness (QED) is 0.844. The molecule has 0 aliphatic carbocycles. The normalized spacial score (nSPS) is 10.3. The predicted molar refractivity (Wildman–Crippen MR) is 91.6 cm³/mol. The van der Waals surface area contributed by atoms with Crippen LogP contribution in [0, 0.1) is 0 Å². The summed E-state index contributed by atoms with van der Waals surface area (Å²) in [5.41, 5.74) is 1.00. The summed E-state index contributed by atoms with van der Waals surface area (Å²) in [6.07, 6.45) is 2.48. The van der Waals surface area contributed by atoms with Crippen molar-refractivity contribution in [2.45, 2.75) is 19.9 Å². The van der Waals surface area contributed by atoms with E-state index in [2.05, 4.69) is 5.32 Å². The summed E-state index contributed by atoms with van der Waals surface area (Å²) in [6, 6.07) is 8.46. The molecular weight excluding hydrogens is 308 g/mol. The number of benzene rings is 1. The molecule has 1 aromatic carbocycles. The zero-order valence-electron chi connectivity index (χ0n) is 14.2. The molecule has 1 aromatic heterocycles. The number of aryl methyl sites for hydroxylation is 1. The van der Waals surface area contributed by atoms with E-state index in [9.17, 15) is 9.59 Å². The second-order valence-electron chi connectivity index (χ2n) is 5.38. The number of nitrogens with zero attached hydrogens (tertiary/aromatic N) is 1. The molecule has 1 amide bonds. The Labute approximate surface area is 141 Å². The highest BCUT2D eigenvalue weighted by molar-refractivity contribution is 5.93. The molecule has 0 spiro atoms. The van der Waals surface area contributed by atoms with Gasteiger partial charge >= 0.3 is 0 Å². The Morgan fingerprint density at radius 3 is 2.67 bits per heavy atom. The van der Waals surface area contributed by atoms with E-state index in [1.165, 1.54) is 10.6 Å². The van der Waals surface area contributed by atoms with Crippen LogP contribution in [0.4, 0.5) is 0 Å². The average Bonchev–Trinajstić information content (AvgIpc) is 2.60. The molecule has 0 saturated carbocycles. The number of nitrogens with one attached hydrogen (secondary N) is 1. The fourth-order valence-corrected chi connectivity index (χ4v) is 2.13. The fourth-order valence-electron chi connectivity index (χ4n) is 2.13. The van der Waals surface area contributed by atoms with Crippen LogP contribution in [0.15, 0.2) is 41.3 Å². The van der Waals surface area contributed by atoms with Gasteiger partial charge in [-0.3, -0.25) is 9.59 Å². The highest BCUT2D eigenvalue weighted by Gasteiger charge is 2.09. The summed E-state index contributed by atoms with van der Waals surface area (Å²) >= 11 is 0. The molecule has 0 aliphatic heterocycles. The van der Waals surface area contributed by atoms with Crippen LogP contribution < -0.4 is 20.3 Å². The number of ether oxygens (including phenoxy) is 2. The van der Waals surface area contributed by atoms with E-state index in [0.717, 1.165) is 12.0 Å². The number of amides is 1. The molecule has 1 heterocycles. The number of carbonyl (C=O) groups excluding carboxylic acids is 1. The first-order chi connectivity index (χ1) is 11.5. The maximum atomic E-state index is 12.1. The van der Waals surface area contributed by atoms with Crippen molar-refractivity contribution >= 4 is 5.91 Å². The van der Waals surface area contributed by atoms with Crippen molar-refractivity contribution in [1.29, 1.82) is 0 Å². The number of pyridine rings is 1. The van der Waals surface area contributed by atoms with Gasteiger partial charge < -0.3 is 19.4 Å². The lowest BCUT2D eigenvalue weighted by Gasteiger charge is -2.12. The van der Waals surface area contributed by atoms with Crippen LogP contribution in [0.3, 0.4) is 0 Å². The van der Waals surface area contributed by atoms with E-state index in [0.29, 0.717) is 30.2 Å². The summed E-state index contributed by atoms with van der Waals surface area (Å²) in [6.45, 7) is 2.99. The Morgan fingerprint density at radius 1 is 1.21 bits per heavy atom. The van der Waals surface area contributed by atoms with Crippen molar-refractivity contribution in [1.82, 2.24) is 9.88 Å². The molecule has 0 radical (unpaired) electrons. The number of carbonyl (C=O) groups is 1. The molecule has 6 heteroatoms. The zero-order valence-corrected chi connectivity index (χ0v) is 14.2. The van der Waals surface area contributed by atoms with Gasteiger partial charge in [0.15, 0.2) is 11.5 Å². The van der Waals surface area contributed by atoms with Crippen molar-refractivity contribution < 1.29 is 14.3 Å². The number of methoxy groups -OCH3 is 1. The summed E-state index contributed by atoms with van der Waals surface area (Å²) in [4.78, 5) is 23.7. The van der Waals surface area contributed by atoms with Gasteiger partial charge in [0.2, 0.25) is 0 Å². The zero-order chi connectivity index (χ0) is 17.5. The van der Waals surface area contributed by atoms with Crippen molar-refractivity contribution in [3.05, 3.63) is 58.0 Å². The van der Waals surface area contributed by atoms with Crippen molar-refractivity contribution in [3.8, 4) is 11.5 Å². The maximum Gasteiger partial charge on any atom is 0.251 e. The van der Waals surface area contributed by atoms with E-state index in [-0.39, 0.29) is 11.5 Å². The molecule has 0 unspecified atom stereocenters. The highest BCUT2D eigenvalue weighted by Crippen LogP contribution is 2.28.